The third kappa shape index (κ3) is 3.03. The fourth-order valence-electron chi connectivity index (χ4n) is 1.79. The molecule has 0 aliphatic rings. The Morgan fingerprint density at radius 3 is 2.75 bits per heavy atom. The molecular formula is C14H14FN3O2. The highest BCUT2D eigenvalue weighted by Gasteiger charge is 2.11. The lowest BCUT2D eigenvalue weighted by atomic mass is 10.2. The molecule has 0 bridgehead atoms. The van der Waals surface area contributed by atoms with Gasteiger partial charge in [-0.05, 0) is 31.2 Å². The molecule has 2 rings (SSSR count). The molecule has 0 saturated carbocycles. The standard InChI is InChI=1S/C14H14FN3O2/c1-8-5-9(6-13(16)17-8)14(19)18-11-4-3-10(15)7-12(11)20-2/h3-7H,1-2H3,(H2,16,17)(H,18,19). The van der Waals surface area contributed by atoms with E-state index in [-0.39, 0.29) is 17.5 Å². The SMILES string of the molecule is COc1cc(F)ccc1NC(=O)c1cc(C)nc(N)c1. The summed E-state index contributed by atoms with van der Waals surface area (Å²) in [6, 6.07) is 6.95. The lowest BCUT2D eigenvalue weighted by Crippen LogP contribution is -2.14. The predicted octanol–water partition coefficient (Wildman–Crippen LogP) is 2.37. The summed E-state index contributed by atoms with van der Waals surface area (Å²) in [5.41, 5.74) is 7.00. The summed E-state index contributed by atoms with van der Waals surface area (Å²) in [6.45, 7) is 1.74. The van der Waals surface area contributed by atoms with E-state index in [1.807, 2.05) is 0 Å². The lowest BCUT2D eigenvalue weighted by Gasteiger charge is -2.10. The van der Waals surface area contributed by atoms with Crippen LogP contribution in [0.1, 0.15) is 16.1 Å². The molecule has 0 spiro atoms. The number of hydrogen-bond acceptors (Lipinski definition) is 4. The molecule has 0 fully saturated rings. The van der Waals surface area contributed by atoms with E-state index in [1.165, 1.54) is 31.4 Å². The van der Waals surface area contributed by atoms with E-state index in [2.05, 4.69) is 10.3 Å². The Hall–Kier alpha value is -2.63. The number of carbonyl (C=O) groups is 1. The van der Waals surface area contributed by atoms with Crippen molar-refractivity contribution >= 4 is 17.4 Å². The number of rotatable bonds is 3. The summed E-state index contributed by atoms with van der Waals surface area (Å²) in [7, 11) is 1.40. The number of anilines is 2. The highest BCUT2D eigenvalue weighted by Crippen LogP contribution is 2.25. The molecule has 104 valence electrons. The Kier molecular flexibility index (Phi) is 3.84. The number of halogens is 1. The average molecular weight is 275 g/mol. The van der Waals surface area contributed by atoms with Gasteiger partial charge in [0.05, 0.1) is 12.8 Å². The van der Waals surface area contributed by atoms with Gasteiger partial charge >= 0.3 is 0 Å². The Labute approximate surface area is 115 Å². The first-order chi connectivity index (χ1) is 9.49. The minimum absolute atomic E-state index is 0.247. The second kappa shape index (κ2) is 5.56. The van der Waals surface area contributed by atoms with Gasteiger partial charge in [0.25, 0.3) is 5.91 Å². The number of nitrogens with one attached hydrogen (secondary N) is 1. The van der Waals surface area contributed by atoms with Crippen molar-refractivity contribution in [3.8, 4) is 5.75 Å². The second-order valence-electron chi connectivity index (χ2n) is 4.22. The fourth-order valence-corrected chi connectivity index (χ4v) is 1.79. The Balaban J connectivity index is 2.27. The number of nitrogen functional groups attached to an aromatic ring is 1. The van der Waals surface area contributed by atoms with Gasteiger partial charge in [-0.3, -0.25) is 4.79 Å². The van der Waals surface area contributed by atoms with Crippen LogP contribution in [0.25, 0.3) is 0 Å². The van der Waals surface area contributed by atoms with Gasteiger partial charge in [0.1, 0.15) is 17.4 Å². The molecule has 0 radical (unpaired) electrons. The molecule has 1 aromatic heterocycles. The van der Waals surface area contributed by atoms with Crippen LogP contribution in [0.3, 0.4) is 0 Å². The first-order valence-corrected chi connectivity index (χ1v) is 5.88. The van der Waals surface area contributed by atoms with Crippen molar-refractivity contribution in [3.05, 3.63) is 47.4 Å². The summed E-state index contributed by atoms with van der Waals surface area (Å²) in [5.74, 6) is -0.297. The molecular weight excluding hydrogens is 261 g/mol. The number of ether oxygens (including phenoxy) is 1. The number of aryl methyl sites for hydroxylation is 1. The summed E-state index contributed by atoms with van der Waals surface area (Å²) in [6.07, 6.45) is 0. The van der Waals surface area contributed by atoms with Crippen LogP contribution in [0.15, 0.2) is 30.3 Å². The zero-order chi connectivity index (χ0) is 14.7. The number of pyridine rings is 1. The van der Waals surface area contributed by atoms with Crippen LogP contribution in [0.2, 0.25) is 0 Å². The van der Waals surface area contributed by atoms with E-state index in [0.717, 1.165) is 0 Å². The molecule has 1 amide bonds. The summed E-state index contributed by atoms with van der Waals surface area (Å²) >= 11 is 0. The van der Waals surface area contributed by atoms with Crippen molar-refractivity contribution in [2.75, 3.05) is 18.2 Å². The number of hydrogen-bond donors (Lipinski definition) is 2. The molecule has 0 aliphatic carbocycles. The van der Waals surface area contributed by atoms with Gasteiger partial charge < -0.3 is 15.8 Å². The van der Waals surface area contributed by atoms with E-state index >= 15 is 0 Å². The number of nitrogens with two attached hydrogens (primary N) is 1. The molecule has 1 heterocycles. The molecule has 5 nitrogen and oxygen atoms in total. The quantitative estimate of drug-likeness (QED) is 0.901. The van der Waals surface area contributed by atoms with E-state index in [9.17, 15) is 9.18 Å². The van der Waals surface area contributed by atoms with Crippen molar-refractivity contribution in [2.24, 2.45) is 0 Å². The molecule has 0 unspecified atom stereocenters. The Bertz CT molecular complexity index is 639. The molecule has 3 N–H and O–H groups in total. The third-order valence-electron chi connectivity index (χ3n) is 2.65. The largest absolute Gasteiger partial charge is 0.494 e. The van der Waals surface area contributed by atoms with E-state index in [1.54, 1.807) is 13.0 Å². The van der Waals surface area contributed by atoms with E-state index in [4.69, 9.17) is 10.5 Å². The van der Waals surface area contributed by atoms with Crippen LogP contribution >= 0.6 is 0 Å². The summed E-state index contributed by atoms with van der Waals surface area (Å²) in [5, 5.41) is 2.65. The van der Waals surface area contributed by atoms with Gasteiger partial charge in [-0.15, -0.1) is 0 Å². The number of aromatic nitrogens is 1. The van der Waals surface area contributed by atoms with Gasteiger partial charge in [0, 0.05) is 17.3 Å². The molecule has 6 heteroatoms. The first-order valence-electron chi connectivity index (χ1n) is 5.88. The van der Waals surface area contributed by atoms with Crippen LogP contribution in [-0.2, 0) is 0 Å². The van der Waals surface area contributed by atoms with Crippen molar-refractivity contribution in [2.45, 2.75) is 6.92 Å². The van der Waals surface area contributed by atoms with Crippen LogP contribution in [-0.4, -0.2) is 18.0 Å². The minimum Gasteiger partial charge on any atom is -0.494 e. The number of carbonyl (C=O) groups excluding carboxylic acids is 1. The van der Waals surface area contributed by atoms with E-state index < -0.39 is 5.82 Å². The lowest BCUT2D eigenvalue weighted by molar-refractivity contribution is 0.102. The number of nitrogens with zero attached hydrogens (tertiary/aromatic N) is 1. The van der Waals surface area contributed by atoms with E-state index in [0.29, 0.717) is 16.9 Å². The van der Waals surface area contributed by atoms with Gasteiger partial charge in [-0.2, -0.15) is 0 Å². The monoisotopic (exact) mass is 275 g/mol. The molecule has 0 aliphatic heterocycles. The second-order valence-corrected chi connectivity index (χ2v) is 4.22. The summed E-state index contributed by atoms with van der Waals surface area (Å²) in [4.78, 5) is 16.1. The first kappa shape index (κ1) is 13.8. The van der Waals surface area contributed by atoms with Gasteiger partial charge in [-0.25, -0.2) is 9.37 Å². The average Bonchev–Trinajstić information content (AvgIpc) is 2.39. The Morgan fingerprint density at radius 1 is 1.35 bits per heavy atom. The highest BCUT2D eigenvalue weighted by atomic mass is 19.1. The zero-order valence-electron chi connectivity index (χ0n) is 11.1. The smallest absolute Gasteiger partial charge is 0.255 e. The van der Waals surface area contributed by atoms with Crippen LogP contribution in [0, 0.1) is 12.7 Å². The molecule has 20 heavy (non-hydrogen) atoms. The van der Waals surface area contributed by atoms with Crippen LogP contribution in [0.4, 0.5) is 15.9 Å². The summed E-state index contributed by atoms with van der Waals surface area (Å²) < 4.78 is 18.1. The fraction of sp³-hybridized carbons (Fsp3) is 0.143. The maximum absolute atomic E-state index is 13.1. The zero-order valence-corrected chi connectivity index (χ0v) is 11.1. The maximum atomic E-state index is 13.1. The van der Waals surface area contributed by atoms with Gasteiger partial charge in [0.15, 0.2) is 0 Å². The number of amides is 1. The van der Waals surface area contributed by atoms with Gasteiger partial charge in [0.2, 0.25) is 0 Å². The Morgan fingerprint density at radius 2 is 2.10 bits per heavy atom. The number of methoxy groups -OCH3 is 1. The molecule has 0 atom stereocenters. The van der Waals surface area contributed by atoms with Crippen LogP contribution in [0.5, 0.6) is 5.75 Å². The predicted molar refractivity (Wildman–Crippen MR) is 74.3 cm³/mol. The third-order valence-corrected chi connectivity index (χ3v) is 2.65. The highest BCUT2D eigenvalue weighted by molar-refractivity contribution is 6.05. The van der Waals surface area contributed by atoms with Crippen molar-refractivity contribution in [3.63, 3.8) is 0 Å². The molecule has 2 aromatic rings. The van der Waals surface area contributed by atoms with Crippen LogP contribution < -0.4 is 15.8 Å². The normalized spacial score (nSPS) is 10.2. The topological polar surface area (TPSA) is 77.2 Å². The molecule has 1 aromatic carbocycles. The maximum Gasteiger partial charge on any atom is 0.255 e. The molecule has 0 saturated heterocycles. The van der Waals surface area contributed by atoms with Crippen molar-refractivity contribution in [1.29, 1.82) is 0 Å². The van der Waals surface area contributed by atoms with Crippen molar-refractivity contribution < 1.29 is 13.9 Å². The van der Waals surface area contributed by atoms with Gasteiger partial charge in [-0.1, -0.05) is 0 Å². The minimum atomic E-state index is -0.441. The van der Waals surface area contributed by atoms with Crippen molar-refractivity contribution in [1.82, 2.24) is 4.98 Å². The number of benzene rings is 1.